The highest BCUT2D eigenvalue weighted by Crippen LogP contribution is 2.21. The Morgan fingerprint density at radius 3 is 2.92 bits per heavy atom. The molecule has 0 atom stereocenters. The van der Waals surface area contributed by atoms with E-state index in [9.17, 15) is 4.79 Å². The molecule has 1 amide bonds. The summed E-state index contributed by atoms with van der Waals surface area (Å²) in [6.07, 6.45) is 2.29. The molecule has 0 aliphatic heterocycles. The molecule has 0 aliphatic rings. The number of hydrogen-bond acceptors (Lipinski definition) is 5. The van der Waals surface area contributed by atoms with Crippen LogP contribution < -0.4 is 5.32 Å². The van der Waals surface area contributed by atoms with Crippen LogP contribution in [0.1, 0.15) is 28.9 Å². The molecule has 1 aromatic carbocycles. The Hall–Kier alpha value is -2.98. The average molecular weight is 355 g/mol. The van der Waals surface area contributed by atoms with E-state index >= 15 is 0 Å². The lowest BCUT2D eigenvalue weighted by Crippen LogP contribution is -2.14. The van der Waals surface area contributed by atoms with Gasteiger partial charge in [0.1, 0.15) is 12.4 Å². The van der Waals surface area contributed by atoms with Crippen molar-refractivity contribution in [1.29, 1.82) is 5.26 Å². The monoisotopic (exact) mass is 354 g/mol. The molecule has 0 fully saturated rings. The number of halogens is 1. The molecule has 3 rings (SSSR count). The molecule has 8 heteroatoms. The van der Waals surface area contributed by atoms with E-state index in [4.69, 9.17) is 16.9 Å². The van der Waals surface area contributed by atoms with Crippen LogP contribution in [0.4, 0.5) is 5.69 Å². The van der Waals surface area contributed by atoms with Crippen LogP contribution in [0.2, 0.25) is 5.02 Å². The SMILES string of the molecule is Cc1nc2ncnn2c(C)c1CCC(=O)Nc1ccc(C#N)c(Cl)c1. The number of nitriles is 1. The molecule has 0 spiro atoms. The molecule has 2 aromatic heterocycles. The predicted molar refractivity (Wildman–Crippen MR) is 93.4 cm³/mol. The van der Waals surface area contributed by atoms with E-state index in [0.29, 0.717) is 34.9 Å². The lowest BCUT2D eigenvalue weighted by Gasteiger charge is -2.11. The van der Waals surface area contributed by atoms with Crippen molar-refractivity contribution in [1.82, 2.24) is 19.6 Å². The van der Waals surface area contributed by atoms with Crippen LogP contribution in [0.5, 0.6) is 0 Å². The Kier molecular flexibility index (Phi) is 4.63. The normalized spacial score (nSPS) is 10.6. The topological polar surface area (TPSA) is 96.0 Å². The highest BCUT2D eigenvalue weighted by atomic mass is 35.5. The van der Waals surface area contributed by atoms with Gasteiger partial charge in [-0.1, -0.05) is 11.6 Å². The molecule has 0 bridgehead atoms. The van der Waals surface area contributed by atoms with Gasteiger partial charge in [0, 0.05) is 23.5 Å². The van der Waals surface area contributed by atoms with Crippen molar-refractivity contribution < 1.29 is 4.79 Å². The van der Waals surface area contributed by atoms with Crippen molar-refractivity contribution in [3.63, 3.8) is 0 Å². The van der Waals surface area contributed by atoms with Crippen molar-refractivity contribution in [3.05, 3.63) is 52.1 Å². The van der Waals surface area contributed by atoms with Crippen LogP contribution in [0.3, 0.4) is 0 Å². The quantitative estimate of drug-likeness (QED) is 0.777. The molecule has 1 N–H and O–H groups in total. The maximum Gasteiger partial charge on any atom is 0.252 e. The van der Waals surface area contributed by atoms with Crippen LogP contribution in [-0.4, -0.2) is 25.5 Å². The Morgan fingerprint density at radius 1 is 1.40 bits per heavy atom. The molecule has 25 heavy (non-hydrogen) atoms. The maximum absolute atomic E-state index is 12.2. The van der Waals surface area contributed by atoms with Crippen molar-refractivity contribution in [2.75, 3.05) is 5.32 Å². The van der Waals surface area contributed by atoms with Gasteiger partial charge in [0.05, 0.1) is 10.6 Å². The first kappa shape index (κ1) is 16.9. The van der Waals surface area contributed by atoms with E-state index in [2.05, 4.69) is 20.4 Å². The summed E-state index contributed by atoms with van der Waals surface area (Å²) < 4.78 is 1.67. The summed E-state index contributed by atoms with van der Waals surface area (Å²) in [6.45, 7) is 3.83. The number of aryl methyl sites for hydroxylation is 2. The first-order valence-corrected chi connectivity index (χ1v) is 8.02. The predicted octanol–water partition coefficient (Wildman–Crippen LogP) is 2.84. The Labute approximate surface area is 149 Å². The van der Waals surface area contributed by atoms with Crippen LogP contribution in [0, 0.1) is 25.2 Å². The fourth-order valence-electron chi connectivity index (χ4n) is 2.66. The minimum Gasteiger partial charge on any atom is -0.326 e. The molecule has 7 nitrogen and oxygen atoms in total. The molecule has 3 aromatic rings. The number of carbonyl (C=O) groups is 1. The summed E-state index contributed by atoms with van der Waals surface area (Å²) >= 11 is 5.97. The number of benzene rings is 1. The smallest absolute Gasteiger partial charge is 0.252 e. The first-order chi connectivity index (χ1) is 12.0. The Balaban J connectivity index is 1.70. The zero-order chi connectivity index (χ0) is 18.0. The third-order valence-electron chi connectivity index (χ3n) is 3.96. The van der Waals surface area contributed by atoms with Gasteiger partial charge in [-0.3, -0.25) is 4.79 Å². The van der Waals surface area contributed by atoms with Gasteiger partial charge >= 0.3 is 0 Å². The molecule has 0 saturated heterocycles. The van der Waals surface area contributed by atoms with Crippen molar-refractivity contribution >= 4 is 29.0 Å². The van der Waals surface area contributed by atoms with E-state index in [1.54, 1.807) is 22.7 Å². The Morgan fingerprint density at radius 2 is 2.20 bits per heavy atom. The third kappa shape index (κ3) is 3.44. The molecule has 0 radical (unpaired) electrons. The minimum absolute atomic E-state index is 0.140. The van der Waals surface area contributed by atoms with Crippen LogP contribution in [0.15, 0.2) is 24.5 Å². The van der Waals surface area contributed by atoms with Crippen molar-refractivity contribution in [3.8, 4) is 6.07 Å². The van der Waals surface area contributed by atoms with E-state index in [1.165, 1.54) is 6.33 Å². The lowest BCUT2D eigenvalue weighted by atomic mass is 10.1. The fraction of sp³-hybridized carbons (Fsp3) is 0.235. The minimum atomic E-state index is -0.140. The van der Waals surface area contributed by atoms with E-state index in [0.717, 1.165) is 17.0 Å². The molecule has 2 heterocycles. The van der Waals surface area contributed by atoms with Gasteiger partial charge in [-0.15, -0.1) is 0 Å². The van der Waals surface area contributed by atoms with E-state index in [1.807, 2.05) is 19.9 Å². The third-order valence-corrected chi connectivity index (χ3v) is 4.28. The number of anilines is 1. The average Bonchev–Trinajstić information content (AvgIpc) is 3.03. The molecular formula is C17H15ClN6O. The number of nitrogens with zero attached hydrogens (tertiary/aromatic N) is 5. The maximum atomic E-state index is 12.2. The second-order valence-electron chi connectivity index (χ2n) is 5.59. The standard InChI is InChI=1S/C17H15ClN6O/c1-10-14(11(2)24-17(22-10)20-9-21-24)5-6-16(25)23-13-4-3-12(8-19)15(18)7-13/h3-4,7,9H,5-6H2,1-2H3,(H,23,25). The zero-order valence-corrected chi connectivity index (χ0v) is 14.5. The molecule has 0 saturated carbocycles. The number of hydrogen-bond donors (Lipinski definition) is 1. The summed E-state index contributed by atoms with van der Waals surface area (Å²) in [4.78, 5) is 20.7. The van der Waals surface area contributed by atoms with Crippen LogP contribution in [-0.2, 0) is 11.2 Å². The molecule has 0 unspecified atom stereocenters. The number of rotatable bonds is 4. The summed E-state index contributed by atoms with van der Waals surface area (Å²) in [5, 5.41) is 16.1. The largest absolute Gasteiger partial charge is 0.326 e. The van der Waals surface area contributed by atoms with Crippen molar-refractivity contribution in [2.24, 2.45) is 0 Å². The van der Waals surface area contributed by atoms with Gasteiger partial charge in [0.25, 0.3) is 5.78 Å². The summed E-state index contributed by atoms with van der Waals surface area (Å²) in [6, 6.07) is 6.78. The highest BCUT2D eigenvalue weighted by Gasteiger charge is 2.13. The number of amides is 1. The van der Waals surface area contributed by atoms with Gasteiger partial charge in [0.15, 0.2) is 0 Å². The van der Waals surface area contributed by atoms with Crippen molar-refractivity contribution in [2.45, 2.75) is 26.7 Å². The summed E-state index contributed by atoms with van der Waals surface area (Å²) in [5.41, 5.74) is 3.68. The summed E-state index contributed by atoms with van der Waals surface area (Å²) in [7, 11) is 0. The zero-order valence-electron chi connectivity index (χ0n) is 13.7. The Bertz CT molecular complexity index is 1000. The highest BCUT2D eigenvalue weighted by molar-refractivity contribution is 6.32. The van der Waals surface area contributed by atoms with Gasteiger partial charge in [-0.25, -0.2) is 9.50 Å². The fourth-order valence-corrected chi connectivity index (χ4v) is 2.89. The molecular weight excluding hydrogens is 340 g/mol. The second kappa shape index (κ2) is 6.87. The number of nitrogens with one attached hydrogen (secondary N) is 1. The number of carbonyl (C=O) groups excluding carboxylic acids is 1. The first-order valence-electron chi connectivity index (χ1n) is 7.65. The number of fused-ring (bicyclic) bond motifs is 1. The van der Waals surface area contributed by atoms with Gasteiger partial charge < -0.3 is 5.32 Å². The van der Waals surface area contributed by atoms with Crippen LogP contribution >= 0.6 is 11.6 Å². The van der Waals surface area contributed by atoms with Gasteiger partial charge in [-0.05, 0) is 44.0 Å². The van der Waals surface area contributed by atoms with E-state index < -0.39 is 0 Å². The second-order valence-corrected chi connectivity index (χ2v) is 5.99. The van der Waals surface area contributed by atoms with Gasteiger partial charge in [0.2, 0.25) is 5.91 Å². The van der Waals surface area contributed by atoms with Gasteiger partial charge in [-0.2, -0.15) is 15.3 Å². The van der Waals surface area contributed by atoms with Crippen LogP contribution in [0.25, 0.3) is 5.78 Å². The van der Waals surface area contributed by atoms with E-state index in [-0.39, 0.29) is 5.91 Å². The summed E-state index contributed by atoms with van der Waals surface area (Å²) in [5.74, 6) is 0.411. The number of aromatic nitrogens is 4. The lowest BCUT2D eigenvalue weighted by molar-refractivity contribution is -0.116. The molecule has 126 valence electrons. The molecule has 0 aliphatic carbocycles.